The topological polar surface area (TPSA) is 59.5 Å². The number of imide groups is 1. The zero-order valence-electron chi connectivity index (χ0n) is 13.0. The van der Waals surface area contributed by atoms with E-state index >= 15 is 0 Å². The van der Waals surface area contributed by atoms with Gasteiger partial charge in [0.25, 0.3) is 0 Å². The van der Waals surface area contributed by atoms with Gasteiger partial charge in [0, 0.05) is 24.4 Å². The highest BCUT2D eigenvalue weighted by atomic mass is 16.6. The summed E-state index contributed by atoms with van der Waals surface area (Å²) in [5.41, 5.74) is 1.37. The van der Waals surface area contributed by atoms with Gasteiger partial charge in [-0.2, -0.15) is 0 Å². The average Bonchev–Trinajstić information content (AvgIpc) is 2.71. The van der Waals surface area contributed by atoms with Crippen LogP contribution >= 0.6 is 0 Å². The molecule has 2 rings (SSSR count). The van der Waals surface area contributed by atoms with Crippen molar-refractivity contribution >= 4 is 12.0 Å². The molecule has 0 unspecified atom stereocenters. The summed E-state index contributed by atoms with van der Waals surface area (Å²) in [6.45, 7) is 7.31. The van der Waals surface area contributed by atoms with E-state index in [0.717, 1.165) is 11.3 Å². The fourth-order valence-corrected chi connectivity index (χ4v) is 2.39. The number of rotatable bonds is 2. The molecule has 0 radical (unpaired) electrons. The fourth-order valence-electron chi connectivity index (χ4n) is 2.39. The van der Waals surface area contributed by atoms with Crippen LogP contribution in [0.25, 0.3) is 0 Å². The maximum Gasteiger partial charge on any atom is 0.417 e. The molecule has 1 saturated heterocycles. The molecule has 2 amide bonds. The van der Waals surface area contributed by atoms with Crippen molar-refractivity contribution in [1.82, 2.24) is 9.88 Å². The highest BCUT2D eigenvalue weighted by molar-refractivity contribution is 5.94. The van der Waals surface area contributed by atoms with Crippen LogP contribution in [-0.2, 0) is 16.0 Å². The molecule has 1 aliphatic rings. The van der Waals surface area contributed by atoms with Crippen LogP contribution in [0.4, 0.5) is 4.79 Å². The summed E-state index contributed by atoms with van der Waals surface area (Å²) in [6, 6.07) is 3.78. The Morgan fingerprint density at radius 3 is 2.71 bits per heavy atom. The van der Waals surface area contributed by atoms with Crippen LogP contribution in [-0.4, -0.2) is 33.5 Å². The SMILES string of the molecule is Cc1ccc(C[C@H]2CCC(=O)N2C(=O)OC(C)(C)C)cn1. The third kappa shape index (κ3) is 4.03. The second-order valence-corrected chi connectivity index (χ2v) is 6.45. The lowest BCUT2D eigenvalue weighted by Gasteiger charge is -2.27. The molecule has 0 N–H and O–H groups in total. The molecule has 1 aliphatic heterocycles. The smallest absolute Gasteiger partial charge is 0.417 e. The average molecular weight is 290 g/mol. The van der Waals surface area contributed by atoms with Gasteiger partial charge in [0.2, 0.25) is 5.91 Å². The van der Waals surface area contributed by atoms with E-state index in [1.807, 2.05) is 19.1 Å². The van der Waals surface area contributed by atoms with E-state index in [4.69, 9.17) is 4.74 Å². The highest BCUT2D eigenvalue weighted by Crippen LogP contribution is 2.24. The van der Waals surface area contributed by atoms with E-state index in [1.165, 1.54) is 4.90 Å². The number of aryl methyl sites for hydroxylation is 1. The first kappa shape index (κ1) is 15.5. The third-order valence-corrected chi connectivity index (χ3v) is 3.36. The highest BCUT2D eigenvalue weighted by Gasteiger charge is 2.38. The van der Waals surface area contributed by atoms with Crippen LogP contribution in [0.2, 0.25) is 0 Å². The second-order valence-electron chi connectivity index (χ2n) is 6.45. The fraction of sp³-hybridized carbons (Fsp3) is 0.562. The minimum absolute atomic E-state index is 0.142. The molecule has 0 saturated carbocycles. The molecule has 21 heavy (non-hydrogen) atoms. The van der Waals surface area contributed by atoms with Gasteiger partial charge < -0.3 is 4.74 Å². The molecule has 0 aromatic carbocycles. The molecule has 5 heteroatoms. The van der Waals surface area contributed by atoms with Gasteiger partial charge in [-0.05, 0) is 52.2 Å². The standard InChI is InChI=1S/C16H22N2O3/c1-11-5-6-12(10-17-11)9-13-7-8-14(19)18(13)15(20)21-16(2,3)4/h5-6,10,13H,7-9H2,1-4H3/t13-/m1/s1. The number of carbonyl (C=O) groups is 2. The van der Waals surface area contributed by atoms with E-state index < -0.39 is 11.7 Å². The summed E-state index contributed by atoms with van der Waals surface area (Å²) in [7, 11) is 0. The molecule has 1 atom stereocenters. The lowest BCUT2D eigenvalue weighted by molar-refractivity contribution is -0.128. The third-order valence-electron chi connectivity index (χ3n) is 3.36. The molecule has 1 aromatic rings. The molecular weight excluding hydrogens is 268 g/mol. The Kier molecular flexibility index (Phi) is 4.30. The first-order chi connectivity index (χ1) is 9.76. The van der Waals surface area contributed by atoms with Crippen LogP contribution in [0, 0.1) is 6.92 Å². The molecule has 2 heterocycles. The van der Waals surface area contributed by atoms with E-state index in [0.29, 0.717) is 19.3 Å². The van der Waals surface area contributed by atoms with E-state index in [9.17, 15) is 9.59 Å². The van der Waals surface area contributed by atoms with Gasteiger partial charge in [-0.15, -0.1) is 0 Å². The molecule has 1 aromatic heterocycles. The number of hydrogen-bond acceptors (Lipinski definition) is 4. The van der Waals surface area contributed by atoms with Gasteiger partial charge in [0.1, 0.15) is 5.60 Å². The van der Waals surface area contributed by atoms with Crippen molar-refractivity contribution in [1.29, 1.82) is 0 Å². The molecule has 114 valence electrons. The number of carbonyl (C=O) groups excluding carboxylic acids is 2. The van der Waals surface area contributed by atoms with Crippen molar-refractivity contribution in [2.45, 2.75) is 58.6 Å². The molecule has 0 bridgehead atoms. The Labute approximate surface area is 125 Å². The Bertz CT molecular complexity index is 531. The number of amides is 2. The zero-order chi connectivity index (χ0) is 15.6. The summed E-state index contributed by atoms with van der Waals surface area (Å²) in [5, 5.41) is 0. The number of nitrogens with zero attached hydrogens (tertiary/aromatic N) is 2. The van der Waals surface area contributed by atoms with Crippen LogP contribution < -0.4 is 0 Å². The Balaban J connectivity index is 2.09. The van der Waals surface area contributed by atoms with Gasteiger partial charge in [-0.25, -0.2) is 9.69 Å². The maximum atomic E-state index is 12.2. The zero-order valence-corrected chi connectivity index (χ0v) is 13.0. The predicted molar refractivity (Wildman–Crippen MR) is 78.8 cm³/mol. The number of ether oxygens (including phenoxy) is 1. The molecule has 0 spiro atoms. The molecular formula is C16H22N2O3. The first-order valence-corrected chi connectivity index (χ1v) is 7.23. The van der Waals surface area contributed by atoms with E-state index in [2.05, 4.69) is 4.98 Å². The van der Waals surface area contributed by atoms with Crippen LogP contribution in [0.3, 0.4) is 0 Å². The summed E-state index contributed by atoms with van der Waals surface area (Å²) >= 11 is 0. The lowest BCUT2D eigenvalue weighted by atomic mass is 10.1. The quantitative estimate of drug-likeness (QED) is 0.840. The number of likely N-dealkylation sites (tertiary alicyclic amines) is 1. The Morgan fingerprint density at radius 2 is 2.14 bits per heavy atom. The van der Waals surface area contributed by atoms with Gasteiger partial charge in [0.05, 0.1) is 0 Å². The largest absolute Gasteiger partial charge is 0.443 e. The van der Waals surface area contributed by atoms with Crippen LogP contribution in [0.1, 0.15) is 44.9 Å². The van der Waals surface area contributed by atoms with Gasteiger partial charge in [0.15, 0.2) is 0 Å². The minimum Gasteiger partial charge on any atom is -0.443 e. The normalized spacial score (nSPS) is 19.0. The lowest BCUT2D eigenvalue weighted by Crippen LogP contribution is -2.43. The van der Waals surface area contributed by atoms with E-state index in [1.54, 1.807) is 27.0 Å². The van der Waals surface area contributed by atoms with Gasteiger partial charge >= 0.3 is 6.09 Å². The number of pyridine rings is 1. The van der Waals surface area contributed by atoms with Gasteiger partial charge in [-0.1, -0.05) is 6.07 Å². The minimum atomic E-state index is -0.601. The van der Waals surface area contributed by atoms with Crippen molar-refractivity contribution in [2.75, 3.05) is 0 Å². The van der Waals surface area contributed by atoms with Crippen LogP contribution in [0.15, 0.2) is 18.3 Å². The first-order valence-electron chi connectivity index (χ1n) is 7.23. The van der Waals surface area contributed by atoms with Crippen LogP contribution in [0.5, 0.6) is 0 Å². The van der Waals surface area contributed by atoms with Crippen molar-refractivity contribution < 1.29 is 14.3 Å². The summed E-state index contributed by atoms with van der Waals surface area (Å²) in [6.07, 6.45) is 2.94. The molecule has 1 fully saturated rings. The molecule has 0 aliphatic carbocycles. The molecule has 5 nitrogen and oxygen atoms in total. The van der Waals surface area contributed by atoms with Gasteiger partial charge in [-0.3, -0.25) is 9.78 Å². The predicted octanol–water partition coefficient (Wildman–Crippen LogP) is 2.86. The monoisotopic (exact) mass is 290 g/mol. The maximum absolute atomic E-state index is 12.2. The van der Waals surface area contributed by atoms with Crippen molar-refractivity contribution in [3.63, 3.8) is 0 Å². The van der Waals surface area contributed by atoms with Crippen molar-refractivity contribution in [3.05, 3.63) is 29.6 Å². The summed E-state index contributed by atoms with van der Waals surface area (Å²) < 4.78 is 5.33. The summed E-state index contributed by atoms with van der Waals surface area (Å²) in [4.78, 5) is 29.7. The van der Waals surface area contributed by atoms with Crippen molar-refractivity contribution in [3.8, 4) is 0 Å². The number of hydrogen-bond donors (Lipinski definition) is 0. The second kappa shape index (κ2) is 5.84. The Hall–Kier alpha value is -1.91. The Morgan fingerprint density at radius 1 is 1.43 bits per heavy atom. The van der Waals surface area contributed by atoms with Crippen molar-refractivity contribution in [2.24, 2.45) is 0 Å². The summed E-state index contributed by atoms with van der Waals surface area (Å²) in [5.74, 6) is -0.158. The number of aromatic nitrogens is 1. The van der Waals surface area contributed by atoms with E-state index in [-0.39, 0.29) is 11.9 Å².